The van der Waals surface area contributed by atoms with Crippen molar-refractivity contribution in [2.24, 2.45) is 11.8 Å². The smallest absolute Gasteiger partial charge is 0.326 e. The number of esters is 1. The van der Waals surface area contributed by atoms with Gasteiger partial charge in [-0.2, -0.15) is 0 Å². The maximum atomic E-state index is 13.9. The highest BCUT2D eigenvalue weighted by molar-refractivity contribution is 6.31. The Hall–Kier alpha value is -3.23. The summed E-state index contributed by atoms with van der Waals surface area (Å²) in [5.41, 5.74) is 0.0224. The van der Waals surface area contributed by atoms with Crippen molar-refractivity contribution in [1.82, 2.24) is 5.32 Å². The van der Waals surface area contributed by atoms with Crippen molar-refractivity contribution in [1.29, 1.82) is 0 Å². The van der Waals surface area contributed by atoms with E-state index in [1.807, 2.05) is 0 Å². The fourth-order valence-corrected chi connectivity index (χ4v) is 5.66. The molecule has 3 amide bonds. The first-order valence-corrected chi connectivity index (χ1v) is 11.2. The molecule has 8 nitrogen and oxygen atoms in total. The summed E-state index contributed by atoms with van der Waals surface area (Å²) < 4.78 is 5.06. The Morgan fingerprint density at radius 3 is 2.61 bits per heavy atom. The van der Waals surface area contributed by atoms with Crippen LogP contribution in [0, 0.1) is 11.8 Å². The highest BCUT2D eigenvalue weighted by atomic mass is 35.5. The summed E-state index contributed by atoms with van der Waals surface area (Å²) >= 11 is 6.11. The summed E-state index contributed by atoms with van der Waals surface area (Å²) in [6, 6.07) is 13.1. The molecule has 3 heterocycles. The zero-order valence-corrected chi connectivity index (χ0v) is 18.8. The van der Waals surface area contributed by atoms with E-state index in [1.165, 1.54) is 4.90 Å². The number of hydrogen-bond donors (Lipinski definition) is 1. The van der Waals surface area contributed by atoms with Crippen LogP contribution in [0.15, 0.2) is 48.5 Å². The molecule has 2 aromatic carbocycles. The van der Waals surface area contributed by atoms with Gasteiger partial charge in [0.25, 0.3) is 5.91 Å². The van der Waals surface area contributed by atoms with Gasteiger partial charge < -0.3 is 4.74 Å². The van der Waals surface area contributed by atoms with Gasteiger partial charge in [-0.15, -0.1) is 0 Å². The SMILES string of the molecule is CCOC(=O)CN1C(=O)[C@]2(N[C@H](C)[C@@H]3C(=O)N(c4cccc(Cl)c4)C(=O)[C@H]32)c2ccccc21. The molecule has 0 saturated carbocycles. The molecule has 1 N–H and O–H groups in total. The van der Waals surface area contributed by atoms with Gasteiger partial charge >= 0.3 is 5.97 Å². The molecule has 0 aromatic heterocycles. The van der Waals surface area contributed by atoms with E-state index in [0.717, 1.165) is 4.90 Å². The number of nitrogens with zero attached hydrogens (tertiary/aromatic N) is 2. The zero-order valence-electron chi connectivity index (χ0n) is 18.1. The molecule has 2 fully saturated rings. The summed E-state index contributed by atoms with van der Waals surface area (Å²) in [5.74, 6) is -3.53. The lowest BCUT2D eigenvalue weighted by atomic mass is 9.76. The van der Waals surface area contributed by atoms with E-state index in [1.54, 1.807) is 62.4 Å². The number of benzene rings is 2. The summed E-state index contributed by atoms with van der Waals surface area (Å²) in [7, 11) is 0. The third-order valence-electron chi connectivity index (χ3n) is 6.67. The van der Waals surface area contributed by atoms with E-state index in [-0.39, 0.29) is 19.1 Å². The maximum absolute atomic E-state index is 13.9. The number of para-hydroxylation sites is 1. The van der Waals surface area contributed by atoms with Gasteiger partial charge in [-0.25, -0.2) is 4.90 Å². The van der Waals surface area contributed by atoms with Crippen LogP contribution in [0.3, 0.4) is 0 Å². The molecule has 2 saturated heterocycles. The predicted octanol–water partition coefficient (Wildman–Crippen LogP) is 2.24. The summed E-state index contributed by atoms with van der Waals surface area (Å²) in [4.78, 5) is 55.9. The van der Waals surface area contributed by atoms with Crippen LogP contribution >= 0.6 is 11.6 Å². The summed E-state index contributed by atoms with van der Waals surface area (Å²) in [5, 5.41) is 3.68. The molecular formula is C24H22ClN3O5. The van der Waals surface area contributed by atoms with Crippen LogP contribution < -0.4 is 15.1 Å². The van der Waals surface area contributed by atoms with Crippen molar-refractivity contribution >= 4 is 46.7 Å². The van der Waals surface area contributed by atoms with Gasteiger partial charge in [0.15, 0.2) is 0 Å². The molecule has 0 radical (unpaired) electrons. The number of nitrogens with one attached hydrogen (secondary N) is 1. The first-order valence-electron chi connectivity index (χ1n) is 10.8. The van der Waals surface area contributed by atoms with Gasteiger partial charge in [0.05, 0.1) is 24.1 Å². The molecule has 1 spiro atoms. The Morgan fingerprint density at radius 1 is 1.12 bits per heavy atom. The lowest BCUT2D eigenvalue weighted by molar-refractivity contribution is -0.142. The number of amides is 3. The molecule has 170 valence electrons. The average molecular weight is 468 g/mol. The van der Waals surface area contributed by atoms with Crippen molar-refractivity contribution < 1.29 is 23.9 Å². The lowest BCUT2D eigenvalue weighted by Crippen LogP contribution is -2.55. The van der Waals surface area contributed by atoms with Crippen LogP contribution in [0.2, 0.25) is 5.02 Å². The molecule has 0 aliphatic carbocycles. The fourth-order valence-electron chi connectivity index (χ4n) is 5.47. The minimum absolute atomic E-state index is 0.190. The van der Waals surface area contributed by atoms with E-state index in [0.29, 0.717) is 22.0 Å². The molecule has 33 heavy (non-hydrogen) atoms. The number of halogens is 1. The minimum atomic E-state index is -1.45. The second kappa shape index (κ2) is 7.67. The topological polar surface area (TPSA) is 96.0 Å². The number of imide groups is 1. The molecular weight excluding hydrogens is 446 g/mol. The van der Waals surface area contributed by atoms with Gasteiger partial charge in [0.1, 0.15) is 12.1 Å². The Kier molecular flexibility index (Phi) is 5.02. The second-order valence-corrected chi connectivity index (χ2v) is 8.89. The van der Waals surface area contributed by atoms with Crippen LogP contribution in [0.25, 0.3) is 0 Å². The summed E-state index contributed by atoms with van der Waals surface area (Å²) in [6.07, 6.45) is 0. The van der Waals surface area contributed by atoms with Gasteiger partial charge in [0.2, 0.25) is 11.8 Å². The number of hydrogen-bond acceptors (Lipinski definition) is 6. The third-order valence-corrected chi connectivity index (χ3v) is 6.91. The van der Waals surface area contributed by atoms with E-state index in [9.17, 15) is 19.2 Å². The number of carbonyl (C=O) groups is 4. The normalized spacial score (nSPS) is 28.0. The van der Waals surface area contributed by atoms with E-state index < -0.39 is 41.2 Å². The van der Waals surface area contributed by atoms with Crippen LogP contribution in [-0.4, -0.2) is 42.9 Å². The number of fused-ring (bicyclic) bond motifs is 4. The summed E-state index contributed by atoms with van der Waals surface area (Å²) in [6.45, 7) is 3.40. The number of carbonyl (C=O) groups excluding carboxylic acids is 4. The Bertz CT molecular complexity index is 1200. The van der Waals surface area contributed by atoms with Crippen molar-refractivity contribution in [3.63, 3.8) is 0 Å². The van der Waals surface area contributed by atoms with Crippen LogP contribution in [-0.2, 0) is 29.5 Å². The lowest BCUT2D eigenvalue weighted by Gasteiger charge is -2.30. The molecule has 9 heteroatoms. The highest BCUT2D eigenvalue weighted by Crippen LogP contribution is 2.55. The quantitative estimate of drug-likeness (QED) is 0.547. The standard InChI is InChI=1S/C24H22ClN3O5/c1-3-33-18(29)12-27-17-10-5-4-9-16(17)24(23(27)32)20-19(13(2)26-24)21(30)28(22(20)31)15-8-6-7-14(25)11-15/h4-11,13,19-20,26H,3,12H2,1-2H3/t13-,19+,20+,24+/m1/s1. The first-order chi connectivity index (χ1) is 15.8. The molecule has 0 bridgehead atoms. The number of rotatable bonds is 4. The van der Waals surface area contributed by atoms with Gasteiger partial charge in [0, 0.05) is 22.3 Å². The number of anilines is 2. The minimum Gasteiger partial charge on any atom is -0.465 e. The molecule has 4 atom stereocenters. The predicted molar refractivity (Wildman–Crippen MR) is 121 cm³/mol. The Morgan fingerprint density at radius 2 is 1.88 bits per heavy atom. The molecule has 3 aliphatic rings. The van der Waals surface area contributed by atoms with Gasteiger partial charge in [-0.1, -0.05) is 35.9 Å². The Balaban J connectivity index is 1.62. The van der Waals surface area contributed by atoms with Crippen molar-refractivity contribution in [3.8, 4) is 0 Å². The van der Waals surface area contributed by atoms with Gasteiger partial charge in [-0.3, -0.25) is 29.4 Å². The van der Waals surface area contributed by atoms with Crippen LogP contribution in [0.5, 0.6) is 0 Å². The fraction of sp³-hybridized carbons (Fsp3) is 0.333. The first kappa shape index (κ1) is 21.6. The van der Waals surface area contributed by atoms with Crippen molar-refractivity contribution in [2.75, 3.05) is 23.0 Å². The molecule has 0 unspecified atom stereocenters. The largest absolute Gasteiger partial charge is 0.465 e. The Labute approximate surface area is 195 Å². The van der Waals surface area contributed by atoms with Crippen molar-refractivity contribution in [3.05, 3.63) is 59.1 Å². The van der Waals surface area contributed by atoms with E-state index in [4.69, 9.17) is 16.3 Å². The third kappa shape index (κ3) is 2.94. The van der Waals surface area contributed by atoms with Gasteiger partial charge in [-0.05, 0) is 38.1 Å². The molecule has 2 aromatic rings. The highest BCUT2D eigenvalue weighted by Gasteiger charge is 2.71. The van der Waals surface area contributed by atoms with Crippen LogP contribution in [0.1, 0.15) is 19.4 Å². The zero-order chi connectivity index (χ0) is 23.5. The molecule has 3 aliphatic heterocycles. The van der Waals surface area contributed by atoms with Crippen LogP contribution in [0.4, 0.5) is 11.4 Å². The number of ether oxygens (including phenoxy) is 1. The van der Waals surface area contributed by atoms with E-state index >= 15 is 0 Å². The molecule has 5 rings (SSSR count). The average Bonchev–Trinajstić information content (AvgIpc) is 3.32. The van der Waals surface area contributed by atoms with Crippen molar-refractivity contribution in [2.45, 2.75) is 25.4 Å². The monoisotopic (exact) mass is 467 g/mol. The van der Waals surface area contributed by atoms with E-state index in [2.05, 4.69) is 5.32 Å². The maximum Gasteiger partial charge on any atom is 0.326 e. The second-order valence-electron chi connectivity index (χ2n) is 8.45.